The molecule has 1 saturated carbocycles. The summed E-state index contributed by atoms with van der Waals surface area (Å²) in [5.41, 5.74) is 0. The maximum atomic E-state index is 12.3. The number of nitrogens with zero attached hydrogens (tertiary/aromatic N) is 3. The standard InChI is InChI=1S/C18H32N4O3S/c23-18(19-15-6-11-26(24,25)14-15)22-12-17(13-22)21-9-7-20(8-10-21)16-4-2-1-3-5-16/h15-17H,1-14H2,(H,19,23). The molecule has 1 aliphatic carbocycles. The van der Waals surface area contributed by atoms with Crippen molar-refractivity contribution in [3.8, 4) is 0 Å². The smallest absolute Gasteiger partial charge is 0.317 e. The Labute approximate surface area is 157 Å². The molecule has 0 aromatic heterocycles. The Morgan fingerprint density at radius 1 is 0.846 bits per heavy atom. The van der Waals surface area contributed by atoms with Crippen LogP contribution in [0.4, 0.5) is 4.79 Å². The fourth-order valence-corrected chi connectivity index (χ4v) is 6.61. The van der Waals surface area contributed by atoms with Crippen molar-refractivity contribution in [1.82, 2.24) is 20.0 Å². The van der Waals surface area contributed by atoms with Crippen LogP contribution in [0.15, 0.2) is 0 Å². The predicted octanol–water partition coefficient (Wildman–Crippen LogP) is 0.518. The highest BCUT2D eigenvalue weighted by Crippen LogP contribution is 2.25. The lowest BCUT2D eigenvalue weighted by Crippen LogP contribution is -2.66. The second-order valence-electron chi connectivity index (χ2n) is 8.47. The summed E-state index contributed by atoms with van der Waals surface area (Å²) >= 11 is 0. The van der Waals surface area contributed by atoms with E-state index in [0.717, 1.165) is 45.3 Å². The number of carbonyl (C=O) groups is 1. The van der Waals surface area contributed by atoms with E-state index in [1.807, 2.05) is 4.90 Å². The van der Waals surface area contributed by atoms with Crippen LogP contribution in [0.5, 0.6) is 0 Å². The van der Waals surface area contributed by atoms with E-state index in [0.29, 0.717) is 12.5 Å². The largest absolute Gasteiger partial charge is 0.334 e. The summed E-state index contributed by atoms with van der Waals surface area (Å²) in [6, 6.07) is 0.980. The van der Waals surface area contributed by atoms with Gasteiger partial charge in [0, 0.05) is 57.4 Å². The first-order valence-corrected chi connectivity index (χ1v) is 12.1. The van der Waals surface area contributed by atoms with E-state index in [1.165, 1.54) is 32.1 Å². The van der Waals surface area contributed by atoms with Gasteiger partial charge in [0.1, 0.15) is 0 Å². The predicted molar refractivity (Wildman–Crippen MR) is 101 cm³/mol. The van der Waals surface area contributed by atoms with Crippen molar-refractivity contribution < 1.29 is 13.2 Å². The maximum absolute atomic E-state index is 12.3. The van der Waals surface area contributed by atoms with Crippen molar-refractivity contribution in [1.29, 1.82) is 0 Å². The van der Waals surface area contributed by atoms with E-state index < -0.39 is 9.84 Å². The molecule has 7 nitrogen and oxygen atoms in total. The summed E-state index contributed by atoms with van der Waals surface area (Å²) in [6.45, 7) is 6.08. The maximum Gasteiger partial charge on any atom is 0.317 e. The minimum Gasteiger partial charge on any atom is -0.334 e. The first-order valence-electron chi connectivity index (χ1n) is 10.2. The summed E-state index contributed by atoms with van der Waals surface area (Å²) in [7, 11) is -2.94. The van der Waals surface area contributed by atoms with Gasteiger partial charge in [0.2, 0.25) is 0 Å². The van der Waals surface area contributed by atoms with Gasteiger partial charge in [-0.1, -0.05) is 19.3 Å². The van der Waals surface area contributed by atoms with Crippen molar-refractivity contribution in [3.05, 3.63) is 0 Å². The number of urea groups is 1. The zero-order valence-corrected chi connectivity index (χ0v) is 16.4. The molecule has 2 amide bonds. The van der Waals surface area contributed by atoms with Gasteiger partial charge in [0.25, 0.3) is 0 Å². The lowest BCUT2D eigenvalue weighted by atomic mass is 9.93. The quantitative estimate of drug-likeness (QED) is 0.768. The average molecular weight is 385 g/mol. The third-order valence-corrected chi connectivity index (χ3v) is 8.43. The van der Waals surface area contributed by atoms with Crippen LogP contribution in [-0.4, -0.2) is 98.0 Å². The Hall–Kier alpha value is -0.860. The summed E-state index contributed by atoms with van der Waals surface area (Å²) in [5.74, 6) is 0.297. The lowest BCUT2D eigenvalue weighted by molar-refractivity contribution is 0.00733. The molecule has 3 aliphatic heterocycles. The van der Waals surface area contributed by atoms with Crippen LogP contribution in [0.3, 0.4) is 0 Å². The normalized spacial score (nSPS) is 31.7. The zero-order chi connectivity index (χ0) is 18.1. The number of hydrogen-bond acceptors (Lipinski definition) is 5. The van der Waals surface area contributed by atoms with Gasteiger partial charge in [-0.3, -0.25) is 9.80 Å². The molecule has 1 N–H and O–H groups in total. The molecule has 0 bridgehead atoms. The Bertz CT molecular complexity index is 606. The molecular formula is C18H32N4O3S. The van der Waals surface area contributed by atoms with Gasteiger partial charge in [0.15, 0.2) is 9.84 Å². The highest BCUT2D eigenvalue weighted by atomic mass is 32.2. The topological polar surface area (TPSA) is 73.0 Å². The van der Waals surface area contributed by atoms with E-state index in [-0.39, 0.29) is 23.6 Å². The highest BCUT2D eigenvalue weighted by Gasteiger charge is 2.38. The molecule has 0 radical (unpaired) electrons. The van der Waals surface area contributed by atoms with Crippen LogP contribution in [0.2, 0.25) is 0 Å². The Morgan fingerprint density at radius 2 is 1.46 bits per heavy atom. The molecule has 8 heteroatoms. The van der Waals surface area contributed by atoms with E-state index >= 15 is 0 Å². The van der Waals surface area contributed by atoms with Gasteiger partial charge in [-0.15, -0.1) is 0 Å². The van der Waals surface area contributed by atoms with Crippen molar-refractivity contribution in [2.45, 2.75) is 56.7 Å². The molecular weight excluding hydrogens is 352 g/mol. The number of piperazine rings is 1. The van der Waals surface area contributed by atoms with Gasteiger partial charge in [-0.2, -0.15) is 0 Å². The van der Waals surface area contributed by atoms with Crippen LogP contribution < -0.4 is 5.32 Å². The fraction of sp³-hybridized carbons (Fsp3) is 0.944. The van der Waals surface area contributed by atoms with E-state index in [2.05, 4.69) is 15.1 Å². The molecule has 4 aliphatic rings. The van der Waals surface area contributed by atoms with Crippen molar-refractivity contribution in [2.75, 3.05) is 50.8 Å². The number of hydrogen-bond donors (Lipinski definition) is 1. The fourth-order valence-electron chi connectivity index (χ4n) is 4.94. The van der Waals surface area contributed by atoms with Crippen LogP contribution in [0.1, 0.15) is 38.5 Å². The summed E-state index contributed by atoms with van der Waals surface area (Å²) < 4.78 is 23.0. The monoisotopic (exact) mass is 384 g/mol. The Kier molecular flexibility index (Phi) is 5.43. The lowest BCUT2D eigenvalue weighted by Gasteiger charge is -2.49. The van der Waals surface area contributed by atoms with E-state index in [9.17, 15) is 13.2 Å². The van der Waals surface area contributed by atoms with Gasteiger partial charge >= 0.3 is 6.03 Å². The van der Waals surface area contributed by atoms with Crippen LogP contribution >= 0.6 is 0 Å². The summed E-state index contributed by atoms with van der Waals surface area (Å²) in [4.78, 5) is 19.3. The van der Waals surface area contributed by atoms with Crippen LogP contribution in [0.25, 0.3) is 0 Å². The van der Waals surface area contributed by atoms with Crippen molar-refractivity contribution in [3.63, 3.8) is 0 Å². The first kappa shape index (κ1) is 18.5. The number of rotatable bonds is 3. The molecule has 26 heavy (non-hydrogen) atoms. The first-order chi connectivity index (χ1) is 12.5. The second kappa shape index (κ2) is 7.64. The van der Waals surface area contributed by atoms with Gasteiger partial charge in [-0.05, 0) is 19.3 Å². The van der Waals surface area contributed by atoms with Crippen molar-refractivity contribution >= 4 is 15.9 Å². The van der Waals surface area contributed by atoms with Gasteiger partial charge in [0.05, 0.1) is 11.5 Å². The molecule has 1 atom stereocenters. The number of amides is 2. The molecule has 3 heterocycles. The van der Waals surface area contributed by atoms with Gasteiger partial charge < -0.3 is 10.2 Å². The molecule has 0 spiro atoms. The Morgan fingerprint density at radius 3 is 2.04 bits per heavy atom. The molecule has 0 aromatic carbocycles. The summed E-state index contributed by atoms with van der Waals surface area (Å²) in [5, 5.41) is 2.89. The number of nitrogens with one attached hydrogen (secondary N) is 1. The number of likely N-dealkylation sites (tertiary alicyclic amines) is 1. The highest BCUT2D eigenvalue weighted by molar-refractivity contribution is 7.91. The van der Waals surface area contributed by atoms with Crippen molar-refractivity contribution in [2.24, 2.45) is 0 Å². The second-order valence-corrected chi connectivity index (χ2v) is 10.7. The third kappa shape index (κ3) is 4.17. The Balaban J connectivity index is 1.17. The zero-order valence-electron chi connectivity index (χ0n) is 15.6. The van der Waals surface area contributed by atoms with E-state index in [1.54, 1.807) is 0 Å². The SMILES string of the molecule is O=C(NC1CCS(=O)(=O)C1)N1CC(N2CCN(C3CCCCC3)CC2)C1. The van der Waals surface area contributed by atoms with Crippen LogP contribution in [0, 0.1) is 0 Å². The average Bonchev–Trinajstić information content (AvgIpc) is 2.93. The molecule has 1 unspecified atom stereocenters. The molecule has 4 fully saturated rings. The van der Waals surface area contributed by atoms with E-state index in [4.69, 9.17) is 0 Å². The third-order valence-electron chi connectivity index (χ3n) is 6.67. The molecule has 0 aromatic rings. The molecule has 148 valence electrons. The minimum absolute atomic E-state index is 0.0933. The minimum atomic E-state index is -2.94. The van der Waals surface area contributed by atoms with Gasteiger partial charge in [-0.25, -0.2) is 13.2 Å². The number of sulfone groups is 1. The summed E-state index contributed by atoms with van der Waals surface area (Å²) in [6.07, 6.45) is 7.47. The van der Waals surface area contributed by atoms with Crippen LogP contribution in [-0.2, 0) is 9.84 Å². The molecule has 4 rings (SSSR count). The number of carbonyl (C=O) groups excluding carboxylic acids is 1. The molecule has 3 saturated heterocycles.